The third-order valence-corrected chi connectivity index (χ3v) is 3.98. The number of amides is 2. The summed E-state index contributed by atoms with van der Waals surface area (Å²) in [5.41, 5.74) is 1.96. The summed E-state index contributed by atoms with van der Waals surface area (Å²) in [6.07, 6.45) is 0. The highest BCUT2D eigenvalue weighted by molar-refractivity contribution is 7.89. The number of nitrogens with two attached hydrogens (primary N) is 1. The molecule has 0 aliphatic carbocycles. The molecule has 0 aromatic heterocycles. The maximum Gasteiger partial charge on any atom is 0.323 e. The Morgan fingerprint density at radius 2 is 1.74 bits per heavy atom. The van der Waals surface area contributed by atoms with Gasteiger partial charge in [0.1, 0.15) is 5.75 Å². The molecule has 0 bridgehead atoms. The first-order valence-corrected chi connectivity index (χ1v) is 8.20. The number of hydrogen-bond acceptors (Lipinski definition) is 4. The fourth-order valence-electron chi connectivity index (χ4n) is 1.91. The fourth-order valence-corrected chi connectivity index (χ4v) is 2.43. The molecule has 0 radical (unpaired) electrons. The molecular weight excluding hydrogens is 318 g/mol. The van der Waals surface area contributed by atoms with Crippen molar-refractivity contribution in [1.82, 2.24) is 0 Å². The number of benzene rings is 2. The maximum atomic E-state index is 12.0. The van der Waals surface area contributed by atoms with E-state index in [2.05, 4.69) is 10.6 Å². The van der Waals surface area contributed by atoms with E-state index < -0.39 is 16.1 Å². The van der Waals surface area contributed by atoms with Crippen LogP contribution in [0.2, 0.25) is 0 Å². The van der Waals surface area contributed by atoms with Crippen molar-refractivity contribution in [3.63, 3.8) is 0 Å². The third-order valence-electron chi connectivity index (χ3n) is 3.05. The van der Waals surface area contributed by atoms with Crippen molar-refractivity contribution < 1.29 is 17.9 Å². The van der Waals surface area contributed by atoms with Crippen LogP contribution >= 0.6 is 0 Å². The smallest absolute Gasteiger partial charge is 0.323 e. The van der Waals surface area contributed by atoms with Crippen molar-refractivity contribution in [2.45, 2.75) is 11.8 Å². The molecule has 0 spiro atoms. The van der Waals surface area contributed by atoms with E-state index in [0.717, 1.165) is 5.56 Å². The van der Waals surface area contributed by atoms with Gasteiger partial charge >= 0.3 is 6.03 Å². The van der Waals surface area contributed by atoms with Gasteiger partial charge in [0.2, 0.25) is 10.0 Å². The van der Waals surface area contributed by atoms with Crippen LogP contribution in [0.15, 0.2) is 47.4 Å². The van der Waals surface area contributed by atoms with Gasteiger partial charge in [0, 0.05) is 5.69 Å². The Morgan fingerprint density at radius 3 is 2.30 bits per heavy atom. The molecule has 0 aliphatic rings. The number of hydrogen-bond donors (Lipinski definition) is 3. The van der Waals surface area contributed by atoms with E-state index in [1.165, 1.54) is 31.4 Å². The highest BCUT2D eigenvalue weighted by atomic mass is 32.2. The van der Waals surface area contributed by atoms with Crippen LogP contribution in [0, 0.1) is 6.92 Å². The Labute approximate surface area is 134 Å². The van der Waals surface area contributed by atoms with Gasteiger partial charge in [-0.25, -0.2) is 18.4 Å². The number of rotatable bonds is 4. The number of urea groups is 1. The molecule has 2 aromatic rings. The predicted octanol–water partition coefficient (Wildman–Crippen LogP) is 2.30. The molecule has 8 heteroatoms. The van der Waals surface area contributed by atoms with Crippen molar-refractivity contribution in [2.75, 3.05) is 17.7 Å². The van der Waals surface area contributed by atoms with E-state index in [1.54, 1.807) is 12.1 Å². The van der Waals surface area contributed by atoms with E-state index in [-0.39, 0.29) is 4.90 Å². The van der Waals surface area contributed by atoms with Crippen LogP contribution in [0.25, 0.3) is 0 Å². The lowest BCUT2D eigenvalue weighted by Crippen LogP contribution is -2.20. The number of ether oxygens (including phenoxy) is 1. The summed E-state index contributed by atoms with van der Waals surface area (Å²) in [5.74, 6) is 0.546. The first-order chi connectivity index (χ1) is 10.8. The normalized spacial score (nSPS) is 10.9. The number of primary sulfonamides is 1. The second-order valence-electron chi connectivity index (χ2n) is 4.85. The molecule has 23 heavy (non-hydrogen) atoms. The first-order valence-electron chi connectivity index (χ1n) is 6.65. The Balaban J connectivity index is 2.08. The van der Waals surface area contributed by atoms with Gasteiger partial charge in [-0.3, -0.25) is 0 Å². The lowest BCUT2D eigenvalue weighted by Gasteiger charge is -2.12. The molecule has 0 atom stereocenters. The summed E-state index contributed by atoms with van der Waals surface area (Å²) in [7, 11) is -2.24. The summed E-state index contributed by atoms with van der Waals surface area (Å²) in [4.78, 5) is 12.0. The van der Waals surface area contributed by atoms with E-state index in [4.69, 9.17) is 9.88 Å². The molecule has 2 amide bonds. The standard InChI is InChI=1S/C15H17N3O4S/c1-10-3-8-13(14(9-10)22-2)18-15(19)17-11-4-6-12(7-5-11)23(16,20)21/h3-9H,1-2H3,(H2,16,20,21)(H2,17,18,19). The van der Waals surface area contributed by atoms with Crippen molar-refractivity contribution in [3.05, 3.63) is 48.0 Å². The van der Waals surface area contributed by atoms with E-state index in [1.807, 2.05) is 13.0 Å². The Kier molecular flexibility index (Phi) is 4.87. The zero-order valence-electron chi connectivity index (χ0n) is 12.7. The SMILES string of the molecule is COc1cc(C)ccc1NC(=O)Nc1ccc(S(N)(=O)=O)cc1. The zero-order valence-corrected chi connectivity index (χ0v) is 13.5. The molecule has 122 valence electrons. The summed E-state index contributed by atoms with van der Waals surface area (Å²) in [6.45, 7) is 1.92. The van der Waals surface area contributed by atoms with Gasteiger partial charge in [-0.15, -0.1) is 0 Å². The fraction of sp³-hybridized carbons (Fsp3) is 0.133. The molecule has 0 aliphatic heterocycles. The largest absolute Gasteiger partial charge is 0.495 e. The molecule has 4 N–H and O–H groups in total. The highest BCUT2D eigenvalue weighted by Crippen LogP contribution is 2.25. The van der Waals surface area contributed by atoms with Gasteiger partial charge in [-0.2, -0.15) is 0 Å². The lowest BCUT2D eigenvalue weighted by molar-refractivity contribution is 0.262. The predicted molar refractivity (Wildman–Crippen MR) is 88.2 cm³/mol. The van der Waals surface area contributed by atoms with Gasteiger partial charge in [0.15, 0.2) is 0 Å². The maximum absolute atomic E-state index is 12.0. The van der Waals surface area contributed by atoms with E-state index in [9.17, 15) is 13.2 Å². The minimum absolute atomic E-state index is 0.0244. The lowest BCUT2D eigenvalue weighted by atomic mass is 10.2. The third kappa shape index (κ3) is 4.44. The van der Waals surface area contributed by atoms with Gasteiger partial charge in [-0.1, -0.05) is 6.07 Å². The minimum atomic E-state index is -3.75. The average molecular weight is 335 g/mol. The molecule has 0 saturated carbocycles. The first kappa shape index (κ1) is 16.8. The number of sulfonamides is 1. The van der Waals surface area contributed by atoms with E-state index >= 15 is 0 Å². The molecule has 0 fully saturated rings. The molecule has 2 aromatic carbocycles. The van der Waals surface area contributed by atoms with Crippen molar-refractivity contribution in [2.24, 2.45) is 5.14 Å². The number of aryl methyl sites for hydroxylation is 1. The molecule has 7 nitrogen and oxygen atoms in total. The average Bonchev–Trinajstić information content (AvgIpc) is 2.48. The van der Waals surface area contributed by atoms with Crippen LogP contribution in [0.1, 0.15) is 5.56 Å². The zero-order chi connectivity index (χ0) is 17.0. The molecular formula is C15H17N3O4S. The number of nitrogens with one attached hydrogen (secondary N) is 2. The number of carbonyl (C=O) groups is 1. The summed E-state index contributed by atoms with van der Waals surface area (Å²) >= 11 is 0. The Morgan fingerprint density at radius 1 is 1.09 bits per heavy atom. The molecule has 0 saturated heterocycles. The highest BCUT2D eigenvalue weighted by Gasteiger charge is 2.10. The molecule has 0 heterocycles. The Bertz CT molecular complexity index is 817. The summed E-state index contributed by atoms with van der Waals surface area (Å²) in [5, 5.41) is 10.3. The van der Waals surface area contributed by atoms with Gasteiger partial charge in [0.05, 0.1) is 17.7 Å². The minimum Gasteiger partial charge on any atom is -0.495 e. The number of anilines is 2. The second-order valence-corrected chi connectivity index (χ2v) is 6.41. The van der Waals surface area contributed by atoms with Gasteiger partial charge in [0.25, 0.3) is 0 Å². The van der Waals surface area contributed by atoms with Gasteiger partial charge in [-0.05, 0) is 48.9 Å². The van der Waals surface area contributed by atoms with Crippen LogP contribution in [0.3, 0.4) is 0 Å². The molecule has 0 unspecified atom stereocenters. The van der Waals surface area contributed by atoms with Gasteiger partial charge < -0.3 is 15.4 Å². The van der Waals surface area contributed by atoms with Crippen molar-refractivity contribution in [3.8, 4) is 5.75 Å². The van der Waals surface area contributed by atoms with E-state index in [0.29, 0.717) is 17.1 Å². The van der Waals surface area contributed by atoms with Crippen LogP contribution in [0.4, 0.5) is 16.2 Å². The summed E-state index contributed by atoms with van der Waals surface area (Å²) < 4.78 is 27.5. The van der Waals surface area contributed by atoms with Crippen LogP contribution in [-0.2, 0) is 10.0 Å². The van der Waals surface area contributed by atoms with Crippen LogP contribution in [-0.4, -0.2) is 21.6 Å². The monoisotopic (exact) mass is 335 g/mol. The van der Waals surface area contributed by atoms with Crippen LogP contribution in [0.5, 0.6) is 5.75 Å². The van der Waals surface area contributed by atoms with Crippen molar-refractivity contribution >= 4 is 27.4 Å². The second kappa shape index (κ2) is 6.67. The van der Waals surface area contributed by atoms with Crippen molar-refractivity contribution in [1.29, 1.82) is 0 Å². The Hall–Kier alpha value is -2.58. The number of carbonyl (C=O) groups excluding carboxylic acids is 1. The quantitative estimate of drug-likeness (QED) is 0.796. The molecule has 2 rings (SSSR count). The summed E-state index contributed by atoms with van der Waals surface area (Å²) in [6, 6.07) is 10.4. The topological polar surface area (TPSA) is 111 Å². The number of methoxy groups -OCH3 is 1. The van der Waals surface area contributed by atoms with Crippen LogP contribution < -0.4 is 20.5 Å².